The molecule has 2 aliphatic rings. The van der Waals surface area contributed by atoms with Crippen molar-refractivity contribution in [3.05, 3.63) is 48.2 Å². The van der Waals surface area contributed by atoms with Crippen molar-refractivity contribution in [3.63, 3.8) is 0 Å². The van der Waals surface area contributed by atoms with Crippen LogP contribution in [0, 0.1) is 6.54 Å². The zero-order chi connectivity index (χ0) is 13.1. The fourth-order valence-electron chi connectivity index (χ4n) is 2.37. The molecule has 19 heavy (non-hydrogen) atoms. The zero-order valence-electron chi connectivity index (χ0n) is 10.7. The number of nitrogens with one attached hydrogen (secondary N) is 1. The Morgan fingerprint density at radius 2 is 1.95 bits per heavy atom. The van der Waals surface area contributed by atoms with Crippen LogP contribution in [0.25, 0.3) is 5.57 Å². The van der Waals surface area contributed by atoms with Crippen LogP contribution in [0.3, 0.4) is 0 Å². The molecule has 0 saturated carbocycles. The van der Waals surface area contributed by atoms with Gasteiger partial charge in [-0.3, -0.25) is 5.32 Å². The normalized spacial score (nSPS) is 19.1. The van der Waals surface area contributed by atoms with E-state index in [0.29, 0.717) is 12.3 Å². The first-order chi connectivity index (χ1) is 9.34. The minimum Gasteiger partial charge on any atom is -0.413 e. The number of likely N-dealkylation sites (tertiary alicyclic amines) is 1. The minimum absolute atomic E-state index is 0.244. The number of carbonyl (C=O) groups is 1. The van der Waals surface area contributed by atoms with Crippen molar-refractivity contribution in [1.82, 2.24) is 10.2 Å². The number of carbonyl (C=O) groups excluding carboxylic acids is 1. The Morgan fingerprint density at radius 3 is 2.68 bits per heavy atom. The molecule has 1 amide bonds. The predicted molar refractivity (Wildman–Crippen MR) is 71.9 cm³/mol. The number of hydrogen-bond acceptors (Lipinski definition) is 3. The number of rotatable bonds is 2. The lowest BCUT2D eigenvalue weighted by molar-refractivity contribution is 0.138. The van der Waals surface area contributed by atoms with Gasteiger partial charge in [-0.15, -0.1) is 0 Å². The molecule has 1 aromatic carbocycles. The Labute approximate surface area is 113 Å². The number of benzene rings is 1. The van der Waals surface area contributed by atoms with Crippen molar-refractivity contribution < 1.29 is 9.53 Å². The van der Waals surface area contributed by atoms with Crippen molar-refractivity contribution in [2.24, 2.45) is 0 Å². The molecule has 0 unspecified atom stereocenters. The summed E-state index contributed by atoms with van der Waals surface area (Å²) in [5.74, 6) is 0.656. The molecule has 0 spiro atoms. The maximum atomic E-state index is 12.0. The standard InChI is InChI=1S/C15H16N2O2/c18-15(17-8-4-5-9-17)19-14-11-16-10-13(14)12-6-2-1-3-7-12/h1-3,6-7,16H,4-5,8-9,11H2. The van der Waals surface area contributed by atoms with Gasteiger partial charge in [-0.25, -0.2) is 4.79 Å². The van der Waals surface area contributed by atoms with Crippen LogP contribution in [0.2, 0.25) is 0 Å². The van der Waals surface area contributed by atoms with Crippen molar-refractivity contribution >= 4 is 11.7 Å². The van der Waals surface area contributed by atoms with Gasteiger partial charge >= 0.3 is 6.09 Å². The molecule has 3 rings (SSSR count). The highest BCUT2D eigenvalue weighted by Crippen LogP contribution is 2.26. The molecule has 0 aliphatic carbocycles. The molecule has 4 nitrogen and oxygen atoms in total. The van der Waals surface area contributed by atoms with E-state index in [1.807, 2.05) is 30.3 Å². The molecule has 0 atom stereocenters. The van der Waals surface area contributed by atoms with Crippen LogP contribution in [0.4, 0.5) is 4.79 Å². The maximum Gasteiger partial charge on any atom is 0.414 e. The number of ether oxygens (including phenoxy) is 1. The van der Waals surface area contributed by atoms with Crippen LogP contribution < -0.4 is 5.32 Å². The van der Waals surface area contributed by atoms with Gasteiger partial charge in [0.1, 0.15) is 5.76 Å². The highest BCUT2D eigenvalue weighted by atomic mass is 16.6. The lowest BCUT2D eigenvalue weighted by Crippen LogP contribution is -2.28. The summed E-state index contributed by atoms with van der Waals surface area (Å²) in [7, 11) is 0. The van der Waals surface area contributed by atoms with Gasteiger partial charge in [0.25, 0.3) is 0 Å². The molecule has 1 N–H and O–H groups in total. The minimum atomic E-state index is -0.244. The van der Waals surface area contributed by atoms with E-state index in [1.54, 1.807) is 4.90 Å². The Hall–Kier alpha value is -1.81. The van der Waals surface area contributed by atoms with Crippen LogP contribution in [-0.2, 0) is 4.74 Å². The lowest BCUT2D eigenvalue weighted by Gasteiger charge is -2.16. The molecule has 98 valence electrons. The largest absolute Gasteiger partial charge is 0.414 e. The molecule has 1 aromatic rings. The fourth-order valence-corrected chi connectivity index (χ4v) is 2.37. The summed E-state index contributed by atoms with van der Waals surface area (Å²) >= 11 is 0. The summed E-state index contributed by atoms with van der Waals surface area (Å²) in [6.45, 7) is 5.17. The summed E-state index contributed by atoms with van der Waals surface area (Å²) < 4.78 is 5.50. The molecule has 2 heterocycles. The molecule has 2 aliphatic heterocycles. The first-order valence-corrected chi connectivity index (χ1v) is 6.59. The Morgan fingerprint density at radius 1 is 1.21 bits per heavy atom. The zero-order valence-corrected chi connectivity index (χ0v) is 10.7. The summed E-state index contributed by atoms with van der Waals surface area (Å²) in [4.78, 5) is 13.8. The van der Waals surface area contributed by atoms with Gasteiger partial charge in [-0.1, -0.05) is 30.3 Å². The Kier molecular flexibility index (Phi) is 3.51. The second kappa shape index (κ2) is 5.45. The average Bonchev–Trinajstić information content (AvgIpc) is 3.11. The first kappa shape index (κ1) is 12.2. The Balaban J connectivity index is 1.76. The van der Waals surface area contributed by atoms with Crippen LogP contribution in [-0.4, -0.2) is 30.6 Å². The molecule has 4 heteroatoms. The van der Waals surface area contributed by atoms with E-state index in [9.17, 15) is 4.79 Å². The van der Waals surface area contributed by atoms with Crippen molar-refractivity contribution in [2.75, 3.05) is 19.6 Å². The van der Waals surface area contributed by atoms with Gasteiger partial charge in [-0.05, 0) is 18.4 Å². The second-order valence-electron chi connectivity index (χ2n) is 4.70. The van der Waals surface area contributed by atoms with E-state index in [-0.39, 0.29) is 6.09 Å². The molecular weight excluding hydrogens is 240 g/mol. The number of amides is 1. The van der Waals surface area contributed by atoms with Crippen molar-refractivity contribution in [2.45, 2.75) is 12.8 Å². The van der Waals surface area contributed by atoms with Crippen LogP contribution in [0.1, 0.15) is 18.4 Å². The smallest absolute Gasteiger partial charge is 0.413 e. The first-order valence-electron chi connectivity index (χ1n) is 6.59. The molecule has 0 bridgehead atoms. The van der Waals surface area contributed by atoms with E-state index in [4.69, 9.17) is 4.74 Å². The van der Waals surface area contributed by atoms with Crippen LogP contribution in [0.5, 0.6) is 0 Å². The fraction of sp³-hybridized carbons (Fsp3) is 0.333. The Bertz CT molecular complexity index is 490. The lowest BCUT2D eigenvalue weighted by atomic mass is 10.1. The third-order valence-corrected chi connectivity index (χ3v) is 3.38. The number of hydrogen-bond donors (Lipinski definition) is 1. The van der Waals surface area contributed by atoms with Gasteiger partial charge in [0, 0.05) is 18.7 Å². The molecule has 1 saturated heterocycles. The van der Waals surface area contributed by atoms with Crippen LogP contribution >= 0.6 is 0 Å². The SMILES string of the molecule is O=C(OC1=C(c2ccccc2)[C]NC1)N1CCCC1. The molecular formula is C15H16N2O2. The van der Waals surface area contributed by atoms with Crippen LogP contribution in [0.15, 0.2) is 36.1 Å². The average molecular weight is 256 g/mol. The topological polar surface area (TPSA) is 41.6 Å². The highest BCUT2D eigenvalue weighted by Gasteiger charge is 2.25. The molecule has 0 aromatic heterocycles. The predicted octanol–water partition coefficient (Wildman–Crippen LogP) is 2.27. The quantitative estimate of drug-likeness (QED) is 0.882. The highest BCUT2D eigenvalue weighted by molar-refractivity contribution is 5.79. The van der Waals surface area contributed by atoms with E-state index >= 15 is 0 Å². The summed E-state index contributed by atoms with van der Waals surface area (Å²) in [6, 6.07) is 9.85. The number of nitrogens with zero attached hydrogens (tertiary/aromatic N) is 1. The van der Waals surface area contributed by atoms with Gasteiger partial charge in [0.05, 0.1) is 13.1 Å². The maximum absolute atomic E-state index is 12.0. The van der Waals surface area contributed by atoms with Gasteiger partial charge < -0.3 is 9.64 Å². The second-order valence-corrected chi connectivity index (χ2v) is 4.70. The van der Waals surface area contributed by atoms with E-state index in [0.717, 1.165) is 37.1 Å². The van der Waals surface area contributed by atoms with Crippen molar-refractivity contribution in [3.8, 4) is 0 Å². The summed E-state index contributed by atoms with van der Waals surface area (Å²) in [6.07, 6.45) is 1.89. The monoisotopic (exact) mass is 256 g/mol. The van der Waals surface area contributed by atoms with E-state index < -0.39 is 0 Å². The summed E-state index contributed by atoms with van der Waals surface area (Å²) in [5.41, 5.74) is 1.85. The van der Waals surface area contributed by atoms with Gasteiger partial charge in [-0.2, -0.15) is 0 Å². The molecule has 2 radical (unpaired) electrons. The molecule has 1 fully saturated rings. The van der Waals surface area contributed by atoms with Gasteiger partial charge in [0.2, 0.25) is 0 Å². The third kappa shape index (κ3) is 2.63. The van der Waals surface area contributed by atoms with Gasteiger partial charge in [0.15, 0.2) is 0 Å². The van der Waals surface area contributed by atoms with E-state index in [1.165, 1.54) is 0 Å². The van der Waals surface area contributed by atoms with Crippen molar-refractivity contribution in [1.29, 1.82) is 0 Å². The van der Waals surface area contributed by atoms with E-state index in [2.05, 4.69) is 11.9 Å². The summed E-state index contributed by atoms with van der Waals surface area (Å²) in [5, 5.41) is 3.00. The third-order valence-electron chi connectivity index (χ3n) is 3.38.